The van der Waals surface area contributed by atoms with Gasteiger partial charge in [0.1, 0.15) is 5.75 Å². The lowest BCUT2D eigenvalue weighted by Gasteiger charge is -2.08. The average molecular weight is 585 g/mol. The average Bonchev–Trinajstić information content (AvgIpc) is 3.84. The minimum Gasteiger partial charge on any atom is -0.497 e. The number of benzene rings is 1. The van der Waals surface area contributed by atoms with Gasteiger partial charge in [0.15, 0.2) is 0 Å². The Morgan fingerprint density at radius 3 is 1.95 bits per heavy atom. The molecule has 1 aromatic carbocycles. The number of aromatic nitrogens is 4. The van der Waals surface area contributed by atoms with Crippen LogP contribution in [-0.4, -0.2) is 27.0 Å². The van der Waals surface area contributed by atoms with Crippen LogP contribution in [0, 0.1) is 6.92 Å². The molecule has 0 saturated carbocycles. The van der Waals surface area contributed by atoms with E-state index in [1.165, 1.54) is 63.4 Å². The van der Waals surface area contributed by atoms with Crippen LogP contribution >= 0.6 is 0 Å². The fraction of sp³-hybridized carbons (Fsp3) is 0.333. The summed E-state index contributed by atoms with van der Waals surface area (Å²) in [6.45, 7) is 4.37. The van der Waals surface area contributed by atoms with Crippen LogP contribution in [0.4, 0.5) is 0 Å². The van der Waals surface area contributed by atoms with Crippen LogP contribution < -0.4 is 4.74 Å². The van der Waals surface area contributed by atoms with Crippen molar-refractivity contribution in [1.82, 2.24) is 19.9 Å². The number of aryl methyl sites for hydroxylation is 2. The van der Waals surface area contributed by atoms with E-state index >= 15 is 0 Å². The Balaban J connectivity index is 1.39. The Kier molecular flexibility index (Phi) is 9.40. The first-order chi connectivity index (χ1) is 21.6. The number of hydrogen-bond acceptors (Lipinski definition) is 3. The summed E-state index contributed by atoms with van der Waals surface area (Å²) in [7, 11) is 1.71. The molecule has 5 heteroatoms. The number of nitrogens with zero attached hydrogens (tertiary/aromatic N) is 2. The zero-order valence-corrected chi connectivity index (χ0v) is 26.4. The van der Waals surface area contributed by atoms with Crippen molar-refractivity contribution in [3.05, 3.63) is 88.5 Å². The molecule has 44 heavy (non-hydrogen) atoms. The van der Waals surface area contributed by atoms with Crippen molar-refractivity contribution >= 4 is 46.4 Å². The SMILES string of the molecule is CCCCCCCCCCCc1c2nc(cc3ccc([nH]3)c(-c3cc(C)cc(OC)c3)c3nc(cc4ccc1[nH]4)C=C3)C=C2. The third-order valence-electron chi connectivity index (χ3n) is 8.61. The lowest BCUT2D eigenvalue weighted by molar-refractivity contribution is 0.414. The molecule has 0 radical (unpaired) electrons. The van der Waals surface area contributed by atoms with Crippen LogP contribution in [0.1, 0.15) is 98.6 Å². The maximum absolute atomic E-state index is 5.62. The van der Waals surface area contributed by atoms with E-state index in [2.05, 4.69) is 96.7 Å². The molecule has 0 fully saturated rings. The molecular formula is C39H44N4O. The molecule has 0 aliphatic carbocycles. The number of unbranched alkanes of at least 4 members (excludes halogenated alkanes) is 8. The van der Waals surface area contributed by atoms with Gasteiger partial charge in [-0.15, -0.1) is 0 Å². The van der Waals surface area contributed by atoms with Gasteiger partial charge in [0.05, 0.1) is 29.9 Å². The summed E-state index contributed by atoms with van der Waals surface area (Å²) in [5.74, 6) is 0.832. The summed E-state index contributed by atoms with van der Waals surface area (Å²) < 4.78 is 5.62. The minimum absolute atomic E-state index is 0.832. The van der Waals surface area contributed by atoms with E-state index in [0.717, 1.165) is 73.7 Å². The second kappa shape index (κ2) is 13.9. The summed E-state index contributed by atoms with van der Waals surface area (Å²) in [6, 6.07) is 19.2. The van der Waals surface area contributed by atoms with Crippen LogP contribution in [0.15, 0.2) is 54.6 Å². The highest BCUT2D eigenvalue weighted by Crippen LogP contribution is 2.33. The van der Waals surface area contributed by atoms with Gasteiger partial charge in [0.2, 0.25) is 0 Å². The van der Waals surface area contributed by atoms with Gasteiger partial charge in [0, 0.05) is 33.2 Å². The van der Waals surface area contributed by atoms with E-state index in [9.17, 15) is 0 Å². The van der Waals surface area contributed by atoms with Gasteiger partial charge >= 0.3 is 0 Å². The molecule has 3 aromatic heterocycles. The van der Waals surface area contributed by atoms with Crippen molar-refractivity contribution in [2.45, 2.75) is 78.1 Å². The predicted molar refractivity (Wildman–Crippen MR) is 187 cm³/mol. The van der Waals surface area contributed by atoms with Gasteiger partial charge in [-0.05, 0) is 104 Å². The quantitative estimate of drug-likeness (QED) is 0.141. The first-order valence-electron chi connectivity index (χ1n) is 16.3. The summed E-state index contributed by atoms with van der Waals surface area (Å²) in [6.07, 6.45) is 21.4. The molecule has 0 spiro atoms. The van der Waals surface area contributed by atoms with Crippen molar-refractivity contribution < 1.29 is 4.74 Å². The molecule has 2 aliphatic heterocycles. The summed E-state index contributed by atoms with van der Waals surface area (Å²) in [5, 5.41) is 0. The van der Waals surface area contributed by atoms with E-state index < -0.39 is 0 Å². The summed E-state index contributed by atoms with van der Waals surface area (Å²) >= 11 is 0. The lowest BCUT2D eigenvalue weighted by atomic mass is 10.0. The maximum Gasteiger partial charge on any atom is 0.119 e. The smallest absolute Gasteiger partial charge is 0.119 e. The van der Waals surface area contributed by atoms with Gasteiger partial charge in [-0.1, -0.05) is 64.4 Å². The monoisotopic (exact) mass is 584 g/mol. The van der Waals surface area contributed by atoms with Crippen molar-refractivity contribution in [1.29, 1.82) is 0 Å². The van der Waals surface area contributed by atoms with Crippen molar-refractivity contribution in [2.75, 3.05) is 7.11 Å². The lowest BCUT2D eigenvalue weighted by Crippen LogP contribution is -1.92. The Morgan fingerprint density at radius 2 is 1.25 bits per heavy atom. The third-order valence-corrected chi connectivity index (χ3v) is 8.61. The topological polar surface area (TPSA) is 66.6 Å². The normalized spacial score (nSPS) is 12.2. The van der Waals surface area contributed by atoms with Crippen LogP contribution in [0.5, 0.6) is 5.75 Å². The number of rotatable bonds is 12. The molecule has 0 unspecified atom stereocenters. The number of hydrogen-bond donors (Lipinski definition) is 2. The molecule has 0 amide bonds. The first-order valence-corrected chi connectivity index (χ1v) is 16.3. The molecule has 5 nitrogen and oxygen atoms in total. The zero-order chi connectivity index (χ0) is 30.3. The molecule has 6 rings (SSSR count). The number of aromatic amines is 2. The number of H-pyrrole nitrogens is 2. The largest absolute Gasteiger partial charge is 0.497 e. The minimum atomic E-state index is 0.832. The number of fused-ring (bicyclic) bond motifs is 8. The van der Waals surface area contributed by atoms with E-state index in [0.29, 0.717) is 0 Å². The molecule has 2 N–H and O–H groups in total. The summed E-state index contributed by atoms with van der Waals surface area (Å²) in [4.78, 5) is 17.5. The van der Waals surface area contributed by atoms with Crippen molar-refractivity contribution in [3.8, 4) is 16.9 Å². The van der Waals surface area contributed by atoms with Crippen LogP contribution in [0.2, 0.25) is 0 Å². The zero-order valence-electron chi connectivity index (χ0n) is 26.4. The van der Waals surface area contributed by atoms with Crippen molar-refractivity contribution in [2.24, 2.45) is 0 Å². The number of ether oxygens (including phenoxy) is 1. The molecule has 226 valence electrons. The first kappa shape index (κ1) is 29.7. The standard InChI is InChI=1S/C39H44N4O/c1-4-5-6-7-8-9-10-11-12-13-34-35-18-14-29(40-35)25-31-16-20-37(42-31)39(28-22-27(2)23-33(24-28)44-3)38-21-17-32(43-38)26-30-15-19-36(34)41-30/h14-26,40,43H,4-13H2,1-3H3. The van der Waals surface area contributed by atoms with Gasteiger partial charge in [-0.2, -0.15) is 0 Å². The highest BCUT2D eigenvalue weighted by atomic mass is 16.5. The molecule has 0 saturated heterocycles. The second-order valence-corrected chi connectivity index (χ2v) is 12.1. The van der Waals surface area contributed by atoms with E-state index in [4.69, 9.17) is 14.7 Å². The highest BCUT2D eigenvalue weighted by Gasteiger charge is 2.13. The number of nitrogens with one attached hydrogen (secondary N) is 2. The van der Waals surface area contributed by atoms with Gasteiger partial charge in [-0.3, -0.25) is 0 Å². The molecule has 0 atom stereocenters. The van der Waals surface area contributed by atoms with Gasteiger partial charge in [-0.25, -0.2) is 9.97 Å². The van der Waals surface area contributed by atoms with E-state index in [-0.39, 0.29) is 0 Å². The van der Waals surface area contributed by atoms with Crippen LogP contribution in [0.25, 0.3) is 57.5 Å². The third kappa shape index (κ3) is 7.05. The highest BCUT2D eigenvalue weighted by molar-refractivity contribution is 5.91. The summed E-state index contributed by atoms with van der Waals surface area (Å²) in [5.41, 5.74) is 12.6. The maximum atomic E-state index is 5.62. The molecule has 4 aromatic rings. The van der Waals surface area contributed by atoms with Crippen LogP contribution in [-0.2, 0) is 6.42 Å². The fourth-order valence-corrected chi connectivity index (χ4v) is 6.32. The Labute approximate surface area is 261 Å². The molecular weight excluding hydrogens is 540 g/mol. The Morgan fingerprint density at radius 1 is 0.636 bits per heavy atom. The van der Waals surface area contributed by atoms with E-state index in [1.54, 1.807) is 7.11 Å². The fourth-order valence-electron chi connectivity index (χ4n) is 6.32. The van der Waals surface area contributed by atoms with Crippen molar-refractivity contribution in [3.63, 3.8) is 0 Å². The molecule has 5 heterocycles. The second-order valence-electron chi connectivity index (χ2n) is 12.1. The Hall–Kier alpha value is -4.38. The van der Waals surface area contributed by atoms with E-state index in [1.807, 2.05) is 6.07 Å². The number of methoxy groups -OCH3 is 1. The van der Waals surface area contributed by atoms with Gasteiger partial charge in [0.25, 0.3) is 0 Å². The Bertz CT molecular complexity index is 1840. The van der Waals surface area contributed by atoms with Crippen LogP contribution in [0.3, 0.4) is 0 Å². The van der Waals surface area contributed by atoms with Gasteiger partial charge < -0.3 is 14.7 Å². The molecule has 8 bridgehead atoms. The molecule has 2 aliphatic rings. The predicted octanol–water partition coefficient (Wildman–Crippen LogP) is 10.7.